The molecular formula is C20H16F3NO3. The van der Waals surface area contributed by atoms with Crippen molar-refractivity contribution < 1.29 is 27.5 Å². The van der Waals surface area contributed by atoms with E-state index in [1.807, 2.05) is 0 Å². The molecule has 0 N–H and O–H groups in total. The van der Waals surface area contributed by atoms with Crippen molar-refractivity contribution in [1.82, 2.24) is 4.90 Å². The molecule has 4 rings (SSSR count). The van der Waals surface area contributed by atoms with E-state index in [4.69, 9.17) is 4.74 Å². The molecule has 2 aromatic rings. The molecule has 2 aliphatic rings. The predicted molar refractivity (Wildman–Crippen MR) is 90.7 cm³/mol. The Kier molecular flexibility index (Phi) is 3.98. The second-order valence-electron chi connectivity index (χ2n) is 6.93. The minimum atomic E-state index is -4.44. The summed E-state index contributed by atoms with van der Waals surface area (Å²) in [5.74, 6) is 0.119. The number of para-hydroxylation sites is 1. The van der Waals surface area contributed by atoms with Gasteiger partial charge in [0.1, 0.15) is 11.4 Å². The maximum Gasteiger partial charge on any atom is 0.416 e. The van der Waals surface area contributed by atoms with Gasteiger partial charge >= 0.3 is 6.18 Å². The van der Waals surface area contributed by atoms with E-state index in [2.05, 4.69) is 0 Å². The standard InChI is InChI=1S/C20H16F3NO3/c21-20(22,23)14-7-5-13(6-8-14)18(26)24-10-9-19(12-24)11-16(25)15-3-1-2-4-17(15)27-19/h1-8H,9-12H2. The molecule has 1 atom stereocenters. The van der Waals surface area contributed by atoms with E-state index < -0.39 is 17.3 Å². The maximum absolute atomic E-state index is 12.7. The molecule has 7 heteroatoms. The van der Waals surface area contributed by atoms with Crippen LogP contribution in [0.25, 0.3) is 0 Å². The summed E-state index contributed by atoms with van der Waals surface area (Å²) in [5.41, 5.74) is -0.847. The Morgan fingerprint density at radius 2 is 1.78 bits per heavy atom. The quantitative estimate of drug-likeness (QED) is 0.758. The lowest BCUT2D eigenvalue weighted by Gasteiger charge is -2.34. The average Bonchev–Trinajstić information content (AvgIpc) is 3.03. The molecule has 1 spiro atoms. The zero-order valence-corrected chi connectivity index (χ0v) is 14.3. The number of benzene rings is 2. The smallest absolute Gasteiger partial charge is 0.416 e. The highest BCUT2D eigenvalue weighted by atomic mass is 19.4. The Balaban J connectivity index is 1.51. The number of nitrogens with zero attached hydrogens (tertiary/aromatic N) is 1. The van der Waals surface area contributed by atoms with Crippen LogP contribution in [0.2, 0.25) is 0 Å². The van der Waals surface area contributed by atoms with Gasteiger partial charge in [-0.25, -0.2) is 0 Å². The van der Waals surface area contributed by atoms with Crippen molar-refractivity contribution in [3.8, 4) is 5.75 Å². The van der Waals surface area contributed by atoms with Crippen molar-refractivity contribution in [2.24, 2.45) is 0 Å². The number of ketones is 1. The van der Waals surface area contributed by atoms with Gasteiger partial charge in [0.05, 0.1) is 24.1 Å². The Bertz CT molecular complexity index is 907. The number of carbonyl (C=O) groups excluding carboxylic acids is 2. The van der Waals surface area contributed by atoms with Crippen molar-refractivity contribution >= 4 is 11.7 Å². The van der Waals surface area contributed by atoms with E-state index in [9.17, 15) is 22.8 Å². The molecule has 0 bridgehead atoms. The summed E-state index contributed by atoms with van der Waals surface area (Å²) in [6, 6.07) is 11.2. The van der Waals surface area contributed by atoms with Crippen LogP contribution in [0.5, 0.6) is 5.75 Å². The Labute approximate surface area is 153 Å². The van der Waals surface area contributed by atoms with E-state index >= 15 is 0 Å². The molecule has 2 aliphatic heterocycles. The third-order valence-electron chi connectivity index (χ3n) is 5.06. The van der Waals surface area contributed by atoms with E-state index in [0.29, 0.717) is 24.3 Å². The van der Waals surface area contributed by atoms with Gasteiger partial charge < -0.3 is 9.64 Å². The van der Waals surface area contributed by atoms with Crippen LogP contribution in [0.4, 0.5) is 13.2 Å². The van der Waals surface area contributed by atoms with Crippen LogP contribution in [0.3, 0.4) is 0 Å². The summed E-state index contributed by atoms with van der Waals surface area (Å²) >= 11 is 0. The van der Waals surface area contributed by atoms with Crippen LogP contribution >= 0.6 is 0 Å². The number of hydrogen-bond donors (Lipinski definition) is 0. The Morgan fingerprint density at radius 3 is 2.48 bits per heavy atom. The number of rotatable bonds is 1. The maximum atomic E-state index is 12.7. The van der Waals surface area contributed by atoms with Crippen LogP contribution in [0.15, 0.2) is 48.5 Å². The molecule has 1 saturated heterocycles. The van der Waals surface area contributed by atoms with Gasteiger partial charge in [0, 0.05) is 18.5 Å². The summed E-state index contributed by atoms with van der Waals surface area (Å²) in [5, 5.41) is 0. The van der Waals surface area contributed by atoms with Crippen LogP contribution in [-0.2, 0) is 6.18 Å². The number of amides is 1. The normalized spacial score (nSPS) is 21.9. The Hall–Kier alpha value is -2.83. The number of Topliss-reactive ketones (excluding diaryl/α,β-unsaturated/α-hetero) is 1. The summed E-state index contributed by atoms with van der Waals surface area (Å²) in [6.07, 6.45) is -3.76. The van der Waals surface area contributed by atoms with Crippen molar-refractivity contribution in [1.29, 1.82) is 0 Å². The molecular weight excluding hydrogens is 359 g/mol. The molecule has 0 radical (unpaired) electrons. The molecule has 27 heavy (non-hydrogen) atoms. The highest BCUT2D eigenvalue weighted by molar-refractivity contribution is 6.00. The zero-order chi connectivity index (χ0) is 19.2. The fourth-order valence-corrected chi connectivity index (χ4v) is 3.67. The van der Waals surface area contributed by atoms with E-state index in [1.165, 1.54) is 17.0 Å². The topological polar surface area (TPSA) is 46.6 Å². The summed E-state index contributed by atoms with van der Waals surface area (Å²) in [7, 11) is 0. The lowest BCUT2D eigenvalue weighted by molar-refractivity contribution is -0.137. The van der Waals surface area contributed by atoms with E-state index in [0.717, 1.165) is 12.1 Å². The first-order valence-corrected chi connectivity index (χ1v) is 8.55. The second-order valence-corrected chi connectivity index (χ2v) is 6.93. The number of fused-ring (bicyclic) bond motifs is 1. The molecule has 1 amide bonds. The van der Waals surface area contributed by atoms with Gasteiger partial charge in [0.2, 0.25) is 0 Å². The first-order valence-electron chi connectivity index (χ1n) is 8.55. The van der Waals surface area contributed by atoms with Gasteiger partial charge in [-0.05, 0) is 36.4 Å². The third kappa shape index (κ3) is 3.18. The van der Waals surface area contributed by atoms with Crippen LogP contribution in [0.1, 0.15) is 39.1 Å². The van der Waals surface area contributed by atoms with Gasteiger partial charge in [-0.3, -0.25) is 9.59 Å². The van der Waals surface area contributed by atoms with Crippen LogP contribution < -0.4 is 4.74 Å². The minimum absolute atomic E-state index is 0.0271. The van der Waals surface area contributed by atoms with Crippen molar-refractivity contribution in [2.45, 2.75) is 24.6 Å². The van der Waals surface area contributed by atoms with Crippen molar-refractivity contribution in [3.63, 3.8) is 0 Å². The molecule has 0 aromatic heterocycles. The van der Waals surface area contributed by atoms with Gasteiger partial charge in [-0.15, -0.1) is 0 Å². The first-order chi connectivity index (χ1) is 12.8. The fraction of sp³-hybridized carbons (Fsp3) is 0.300. The van der Waals surface area contributed by atoms with E-state index in [-0.39, 0.29) is 30.2 Å². The molecule has 4 nitrogen and oxygen atoms in total. The summed E-state index contributed by atoms with van der Waals surface area (Å²) in [4.78, 5) is 26.6. The molecule has 0 saturated carbocycles. The second kappa shape index (κ2) is 6.11. The summed E-state index contributed by atoms with van der Waals surface area (Å²) in [6.45, 7) is 0.613. The third-order valence-corrected chi connectivity index (χ3v) is 5.06. The lowest BCUT2D eigenvalue weighted by atomic mass is 9.89. The van der Waals surface area contributed by atoms with Crippen LogP contribution in [0, 0.1) is 0 Å². The summed E-state index contributed by atoms with van der Waals surface area (Å²) < 4.78 is 44.1. The van der Waals surface area contributed by atoms with Gasteiger partial charge in [0.25, 0.3) is 5.91 Å². The van der Waals surface area contributed by atoms with Crippen molar-refractivity contribution in [3.05, 3.63) is 65.2 Å². The number of halogens is 3. The predicted octanol–water partition coefficient (Wildman–Crippen LogP) is 3.96. The van der Waals surface area contributed by atoms with Gasteiger partial charge in [0.15, 0.2) is 5.78 Å². The fourth-order valence-electron chi connectivity index (χ4n) is 3.67. The molecule has 2 heterocycles. The minimum Gasteiger partial charge on any atom is -0.484 e. The number of ether oxygens (including phenoxy) is 1. The molecule has 140 valence electrons. The highest BCUT2D eigenvalue weighted by Gasteiger charge is 2.47. The molecule has 1 fully saturated rings. The van der Waals surface area contributed by atoms with Gasteiger partial charge in [-0.2, -0.15) is 13.2 Å². The van der Waals surface area contributed by atoms with Gasteiger partial charge in [-0.1, -0.05) is 12.1 Å². The largest absolute Gasteiger partial charge is 0.484 e. The highest BCUT2D eigenvalue weighted by Crippen LogP contribution is 2.39. The zero-order valence-electron chi connectivity index (χ0n) is 14.3. The number of carbonyl (C=O) groups is 2. The van der Waals surface area contributed by atoms with Crippen molar-refractivity contribution in [2.75, 3.05) is 13.1 Å². The SMILES string of the molecule is O=C1CC2(CCN(C(=O)c3ccc(C(F)(F)F)cc3)C2)Oc2ccccc21. The molecule has 1 unspecified atom stereocenters. The molecule has 0 aliphatic carbocycles. The average molecular weight is 375 g/mol. The Morgan fingerprint density at radius 1 is 1.07 bits per heavy atom. The number of hydrogen-bond acceptors (Lipinski definition) is 3. The van der Waals surface area contributed by atoms with Crippen LogP contribution in [-0.4, -0.2) is 35.3 Å². The number of likely N-dealkylation sites (tertiary alicyclic amines) is 1. The lowest BCUT2D eigenvalue weighted by Crippen LogP contribution is -2.45. The monoisotopic (exact) mass is 375 g/mol. The number of alkyl halides is 3. The first kappa shape index (κ1) is 17.6. The van der Waals surface area contributed by atoms with E-state index in [1.54, 1.807) is 24.3 Å². The molecule has 2 aromatic carbocycles.